The predicted molar refractivity (Wildman–Crippen MR) is 70.7 cm³/mol. The van der Waals surface area contributed by atoms with Crippen molar-refractivity contribution in [3.63, 3.8) is 0 Å². The highest BCUT2D eigenvalue weighted by molar-refractivity contribution is 5.81. The van der Waals surface area contributed by atoms with Crippen LogP contribution in [0.2, 0.25) is 0 Å². The Balaban J connectivity index is 4.35. The smallest absolute Gasteiger partial charge is 0.408 e. The van der Waals surface area contributed by atoms with Gasteiger partial charge < -0.3 is 19.9 Å². The third-order valence-electron chi connectivity index (χ3n) is 2.29. The van der Waals surface area contributed by atoms with Crippen LogP contribution in [-0.4, -0.2) is 42.0 Å². The standard InChI is InChI=1S/C13H25NO5/c1-9(15)7-6-8-10(11(16)18-5)14-12(17)19-13(2,3)4/h9-10,15H,6-8H2,1-5H3,(H,14,17). The molecule has 2 N–H and O–H groups in total. The number of alkyl carbamates (subject to hydrolysis) is 1. The molecule has 0 aromatic carbocycles. The number of hydrogen-bond donors (Lipinski definition) is 2. The third-order valence-corrected chi connectivity index (χ3v) is 2.29. The number of hydrogen-bond acceptors (Lipinski definition) is 5. The molecule has 1 amide bonds. The van der Waals surface area contributed by atoms with Gasteiger partial charge in [0, 0.05) is 0 Å². The summed E-state index contributed by atoms with van der Waals surface area (Å²) in [6, 6.07) is -0.751. The van der Waals surface area contributed by atoms with Gasteiger partial charge in [0.25, 0.3) is 0 Å². The molecular weight excluding hydrogens is 250 g/mol. The van der Waals surface area contributed by atoms with E-state index in [0.29, 0.717) is 19.3 Å². The van der Waals surface area contributed by atoms with Gasteiger partial charge in [0.15, 0.2) is 0 Å². The zero-order chi connectivity index (χ0) is 15.1. The molecule has 0 radical (unpaired) electrons. The minimum absolute atomic E-state index is 0.400. The molecule has 0 saturated carbocycles. The number of ether oxygens (including phenoxy) is 2. The average Bonchev–Trinajstić information content (AvgIpc) is 2.23. The maximum Gasteiger partial charge on any atom is 0.408 e. The number of carbonyl (C=O) groups excluding carboxylic acids is 2. The molecule has 0 aromatic heterocycles. The number of esters is 1. The topological polar surface area (TPSA) is 84.9 Å². The number of aliphatic hydroxyl groups is 1. The van der Waals surface area contributed by atoms with Crippen molar-refractivity contribution in [3.05, 3.63) is 0 Å². The van der Waals surface area contributed by atoms with Crippen molar-refractivity contribution < 1.29 is 24.2 Å². The van der Waals surface area contributed by atoms with Crippen molar-refractivity contribution in [2.24, 2.45) is 0 Å². The van der Waals surface area contributed by atoms with Crippen LogP contribution in [0.5, 0.6) is 0 Å². The number of amides is 1. The average molecular weight is 275 g/mol. The van der Waals surface area contributed by atoms with E-state index in [1.165, 1.54) is 7.11 Å². The van der Waals surface area contributed by atoms with Crippen LogP contribution in [0.4, 0.5) is 4.79 Å². The molecule has 0 heterocycles. The zero-order valence-corrected chi connectivity index (χ0v) is 12.4. The summed E-state index contributed by atoms with van der Waals surface area (Å²) in [6.07, 6.45) is 0.479. The van der Waals surface area contributed by atoms with E-state index >= 15 is 0 Å². The Labute approximate surface area is 114 Å². The van der Waals surface area contributed by atoms with Crippen LogP contribution in [-0.2, 0) is 14.3 Å². The van der Waals surface area contributed by atoms with Crippen LogP contribution in [0.1, 0.15) is 47.0 Å². The number of methoxy groups -OCH3 is 1. The molecule has 0 fully saturated rings. The molecule has 2 unspecified atom stereocenters. The van der Waals surface area contributed by atoms with E-state index < -0.39 is 29.8 Å². The second-order valence-corrected chi connectivity index (χ2v) is 5.50. The lowest BCUT2D eigenvalue weighted by Gasteiger charge is -2.22. The Morgan fingerprint density at radius 1 is 1.26 bits per heavy atom. The van der Waals surface area contributed by atoms with Crippen LogP contribution < -0.4 is 5.32 Å². The van der Waals surface area contributed by atoms with Gasteiger partial charge in [-0.05, 0) is 47.0 Å². The largest absolute Gasteiger partial charge is 0.467 e. The van der Waals surface area contributed by atoms with E-state index in [2.05, 4.69) is 10.1 Å². The Kier molecular flexibility index (Phi) is 7.44. The summed E-state index contributed by atoms with van der Waals surface area (Å²) in [7, 11) is 1.26. The lowest BCUT2D eigenvalue weighted by atomic mass is 10.1. The van der Waals surface area contributed by atoms with Gasteiger partial charge in [-0.3, -0.25) is 0 Å². The molecule has 0 bridgehead atoms. The molecule has 0 rings (SSSR count). The highest BCUT2D eigenvalue weighted by Gasteiger charge is 2.24. The fourth-order valence-corrected chi connectivity index (χ4v) is 1.46. The normalized spacial score (nSPS) is 14.4. The quantitative estimate of drug-likeness (QED) is 0.719. The highest BCUT2D eigenvalue weighted by Crippen LogP contribution is 2.09. The van der Waals surface area contributed by atoms with E-state index in [9.17, 15) is 9.59 Å². The maximum absolute atomic E-state index is 11.6. The first-order valence-corrected chi connectivity index (χ1v) is 6.41. The van der Waals surface area contributed by atoms with E-state index in [1.54, 1.807) is 27.7 Å². The molecule has 0 saturated heterocycles. The van der Waals surface area contributed by atoms with Crippen LogP contribution in [0, 0.1) is 0 Å². The number of nitrogens with one attached hydrogen (secondary N) is 1. The minimum atomic E-state index is -0.751. The highest BCUT2D eigenvalue weighted by atomic mass is 16.6. The van der Waals surface area contributed by atoms with E-state index in [1.807, 2.05) is 0 Å². The van der Waals surface area contributed by atoms with E-state index in [-0.39, 0.29) is 0 Å². The summed E-state index contributed by atoms with van der Waals surface area (Å²) in [6.45, 7) is 6.90. The molecule has 0 aromatic rings. The Hall–Kier alpha value is -1.30. The Morgan fingerprint density at radius 2 is 1.84 bits per heavy atom. The van der Waals surface area contributed by atoms with Gasteiger partial charge in [-0.25, -0.2) is 9.59 Å². The summed E-state index contributed by atoms with van der Waals surface area (Å²) in [5, 5.41) is 11.6. The summed E-state index contributed by atoms with van der Waals surface area (Å²) in [5.41, 5.74) is -0.621. The van der Waals surface area contributed by atoms with Crippen LogP contribution >= 0.6 is 0 Å². The summed E-state index contributed by atoms with van der Waals surface area (Å²) >= 11 is 0. The van der Waals surface area contributed by atoms with Gasteiger partial charge in [0.05, 0.1) is 13.2 Å². The Bertz CT molecular complexity index is 296. The molecule has 19 heavy (non-hydrogen) atoms. The fraction of sp³-hybridized carbons (Fsp3) is 0.846. The van der Waals surface area contributed by atoms with Gasteiger partial charge in [-0.15, -0.1) is 0 Å². The van der Waals surface area contributed by atoms with Gasteiger partial charge in [-0.2, -0.15) is 0 Å². The molecule has 0 aliphatic rings. The molecule has 0 spiro atoms. The summed E-state index contributed by atoms with van der Waals surface area (Å²) in [5.74, 6) is -0.517. The Morgan fingerprint density at radius 3 is 2.26 bits per heavy atom. The van der Waals surface area contributed by atoms with Crippen molar-refractivity contribution in [2.75, 3.05) is 7.11 Å². The van der Waals surface area contributed by atoms with Crippen molar-refractivity contribution in [2.45, 2.75) is 64.7 Å². The van der Waals surface area contributed by atoms with Crippen LogP contribution in [0.3, 0.4) is 0 Å². The second kappa shape index (κ2) is 7.99. The SMILES string of the molecule is COC(=O)C(CCCC(C)O)NC(=O)OC(C)(C)C. The lowest BCUT2D eigenvalue weighted by molar-refractivity contribution is -0.143. The van der Waals surface area contributed by atoms with E-state index in [0.717, 1.165) is 0 Å². The van der Waals surface area contributed by atoms with Gasteiger partial charge in [0.1, 0.15) is 11.6 Å². The first-order chi connectivity index (χ1) is 8.65. The number of rotatable bonds is 6. The molecular formula is C13H25NO5. The molecule has 112 valence electrons. The van der Waals surface area contributed by atoms with Gasteiger partial charge >= 0.3 is 12.1 Å². The van der Waals surface area contributed by atoms with Gasteiger partial charge in [-0.1, -0.05) is 0 Å². The first kappa shape index (κ1) is 17.7. The third kappa shape index (κ3) is 9.30. The van der Waals surface area contributed by atoms with E-state index in [4.69, 9.17) is 9.84 Å². The van der Waals surface area contributed by atoms with Crippen LogP contribution in [0.15, 0.2) is 0 Å². The second-order valence-electron chi connectivity index (χ2n) is 5.50. The summed E-state index contributed by atoms with van der Waals surface area (Å²) in [4.78, 5) is 23.1. The summed E-state index contributed by atoms with van der Waals surface area (Å²) < 4.78 is 9.71. The molecule has 2 atom stereocenters. The predicted octanol–water partition coefficient (Wildman–Crippen LogP) is 1.60. The number of aliphatic hydroxyl groups excluding tert-OH is 1. The molecule has 0 aliphatic heterocycles. The monoisotopic (exact) mass is 275 g/mol. The van der Waals surface area contributed by atoms with Gasteiger partial charge in [0.2, 0.25) is 0 Å². The minimum Gasteiger partial charge on any atom is -0.467 e. The van der Waals surface area contributed by atoms with Crippen LogP contribution in [0.25, 0.3) is 0 Å². The fourth-order valence-electron chi connectivity index (χ4n) is 1.46. The van der Waals surface area contributed by atoms with Crippen molar-refractivity contribution in [1.29, 1.82) is 0 Å². The van der Waals surface area contributed by atoms with Crippen molar-refractivity contribution >= 4 is 12.1 Å². The zero-order valence-electron chi connectivity index (χ0n) is 12.4. The van der Waals surface area contributed by atoms with Crippen molar-refractivity contribution in [3.8, 4) is 0 Å². The molecule has 6 heteroatoms. The number of carbonyl (C=O) groups is 2. The maximum atomic E-state index is 11.6. The molecule has 6 nitrogen and oxygen atoms in total. The lowest BCUT2D eigenvalue weighted by Crippen LogP contribution is -2.44. The van der Waals surface area contributed by atoms with Crippen molar-refractivity contribution in [1.82, 2.24) is 5.32 Å². The first-order valence-electron chi connectivity index (χ1n) is 6.41. The molecule has 0 aliphatic carbocycles.